The summed E-state index contributed by atoms with van der Waals surface area (Å²) in [5.74, 6) is -0.823. The van der Waals surface area contributed by atoms with Crippen LogP contribution in [0.25, 0.3) is 0 Å². The number of nitrogens with zero attached hydrogens (tertiary/aromatic N) is 2. The number of aromatic nitrogens is 1. The maximum Gasteiger partial charge on any atom is 0.311 e. The Kier molecular flexibility index (Phi) is 3.89. The van der Waals surface area contributed by atoms with E-state index in [4.69, 9.17) is 0 Å². The van der Waals surface area contributed by atoms with Gasteiger partial charge in [-0.15, -0.1) is 11.3 Å². The molecule has 0 spiro atoms. The zero-order valence-corrected chi connectivity index (χ0v) is 12.0. The van der Waals surface area contributed by atoms with E-state index in [0.29, 0.717) is 25.9 Å². The van der Waals surface area contributed by atoms with Crippen LogP contribution in [0.15, 0.2) is 5.38 Å². The van der Waals surface area contributed by atoms with E-state index < -0.39 is 11.4 Å². The zero-order valence-electron chi connectivity index (χ0n) is 11.2. The highest BCUT2D eigenvalue weighted by Gasteiger charge is 2.44. The lowest BCUT2D eigenvalue weighted by Crippen LogP contribution is -2.37. The Morgan fingerprint density at radius 1 is 1.58 bits per heavy atom. The first-order chi connectivity index (χ1) is 8.97. The lowest BCUT2D eigenvalue weighted by Gasteiger charge is -2.22. The summed E-state index contributed by atoms with van der Waals surface area (Å²) in [6.45, 7) is 4.62. The standard InChI is InChI=1S/C13H18N2O3S/c1-3-13(12(17)18)4-5-15(8-13)11(16)6-10-7-19-9(2)14-10/h7H,3-6,8H2,1-2H3,(H,17,18). The highest BCUT2D eigenvalue weighted by molar-refractivity contribution is 7.09. The number of carbonyl (C=O) groups is 2. The minimum absolute atomic E-state index is 0.0260. The Hall–Kier alpha value is -1.43. The van der Waals surface area contributed by atoms with Gasteiger partial charge >= 0.3 is 5.97 Å². The quantitative estimate of drug-likeness (QED) is 0.912. The largest absolute Gasteiger partial charge is 0.481 e. The Labute approximate surface area is 116 Å². The van der Waals surface area contributed by atoms with Crippen LogP contribution in [0.3, 0.4) is 0 Å². The van der Waals surface area contributed by atoms with Crippen LogP contribution in [0.5, 0.6) is 0 Å². The summed E-state index contributed by atoms with van der Waals surface area (Å²) in [5.41, 5.74) is 0.0185. The van der Waals surface area contributed by atoms with Crippen LogP contribution in [0, 0.1) is 12.3 Å². The van der Waals surface area contributed by atoms with E-state index in [2.05, 4.69) is 4.98 Å². The fraction of sp³-hybridized carbons (Fsp3) is 0.615. The molecule has 1 amide bonds. The molecule has 1 unspecified atom stereocenters. The molecule has 1 atom stereocenters. The smallest absolute Gasteiger partial charge is 0.311 e. The number of carbonyl (C=O) groups excluding carboxylic acids is 1. The van der Waals surface area contributed by atoms with Crippen molar-refractivity contribution in [3.05, 3.63) is 16.1 Å². The minimum atomic E-state index is -0.796. The lowest BCUT2D eigenvalue weighted by atomic mass is 9.84. The Bertz CT molecular complexity index is 500. The molecule has 0 aliphatic carbocycles. The highest BCUT2D eigenvalue weighted by Crippen LogP contribution is 2.34. The third-order valence-electron chi connectivity index (χ3n) is 3.84. The van der Waals surface area contributed by atoms with Gasteiger partial charge in [-0.05, 0) is 19.8 Å². The molecule has 19 heavy (non-hydrogen) atoms. The maximum absolute atomic E-state index is 12.1. The van der Waals surface area contributed by atoms with Crippen molar-refractivity contribution in [2.75, 3.05) is 13.1 Å². The Morgan fingerprint density at radius 2 is 2.32 bits per heavy atom. The molecule has 0 saturated carbocycles. The predicted molar refractivity (Wildman–Crippen MR) is 72.1 cm³/mol. The molecular formula is C13H18N2O3S. The van der Waals surface area contributed by atoms with Crippen LogP contribution in [0.1, 0.15) is 30.5 Å². The van der Waals surface area contributed by atoms with Gasteiger partial charge in [0.25, 0.3) is 0 Å². The highest BCUT2D eigenvalue weighted by atomic mass is 32.1. The SMILES string of the molecule is CCC1(C(=O)O)CCN(C(=O)Cc2csc(C)n2)C1. The first kappa shape index (κ1) is 14.0. The van der Waals surface area contributed by atoms with Crippen LogP contribution < -0.4 is 0 Å². The molecule has 0 aromatic carbocycles. The first-order valence-corrected chi connectivity index (χ1v) is 7.27. The van der Waals surface area contributed by atoms with Gasteiger partial charge in [0, 0.05) is 18.5 Å². The number of thiazole rings is 1. The number of likely N-dealkylation sites (tertiary alicyclic amines) is 1. The van der Waals surface area contributed by atoms with E-state index in [1.54, 1.807) is 4.90 Å². The summed E-state index contributed by atoms with van der Waals surface area (Å²) in [7, 11) is 0. The van der Waals surface area contributed by atoms with E-state index in [0.717, 1.165) is 10.7 Å². The molecule has 5 nitrogen and oxygen atoms in total. The van der Waals surface area contributed by atoms with Gasteiger partial charge in [0.05, 0.1) is 22.5 Å². The molecule has 1 aromatic heterocycles. The molecule has 1 N–H and O–H groups in total. The van der Waals surface area contributed by atoms with E-state index >= 15 is 0 Å². The normalized spacial score (nSPS) is 22.7. The molecule has 1 aromatic rings. The van der Waals surface area contributed by atoms with Crippen molar-refractivity contribution in [2.24, 2.45) is 5.41 Å². The summed E-state index contributed by atoms with van der Waals surface area (Å²) in [5, 5.41) is 12.1. The van der Waals surface area contributed by atoms with Gasteiger partial charge in [0.1, 0.15) is 0 Å². The molecular weight excluding hydrogens is 264 g/mol. The van der Waals surface area contributed by atoms with E-state index in [1.807, 2.05) is 19.2 Å². The molecule has 0 radical (unpaired) electrons. The van der Waals surface area contributed by atoms with Gasteiger partial charge in [-0.3, -0.25) is 9.59 Å². The Balaban J connectivity index is 2.00. The molecule has 1 fully saturated rings. The molecule has 1 aliphatic rings. The van der Waals surface area contributed by atoms with Crippen molar-refractivity contribution >= 4 is 23.2 Å². The number of carboxylic acids is 1. The topological polar surface area (TPSA) is 70.5 Å². The second kappa shape index (κ2) is 5.28. The third kappa shape index (κ3) is 2.78. The average molecular weight is 282 g/mol. The zero-order chi connectivity index (χ0) is 14.0. The molecule has 0 bridgehead atoms. The van der Waals surface area contributed by atoms with Gasteiger partial charge in [-0.1, -0.05) is 6.92 Å². The van der Waals surface area contributed by atoms with Gasteiger partial charge in [0.2, 0.25) is 5.91 Å². The van der Waals surface area contributed by atoms with Crippen molar-refractivity contribution in [3.63, 3.8) is 0 Å². The third-order valence-corrected chi connectivity index (χ3v) is 4.66. The molecule has 2 rings (SSSR count). The van der Waals surface area contributed by atoms with Crippen LogP contribution >= 0.6 is 11.3 Å². The molecule has 1 saturated heterocycles. The van der Waals surface area contributed by atoms with Crippen molar-refractivity contribution in [2.45, 2.75) is 33.1 Å². The van der Waals surface area contributed by atoms with E-state index in [-0.39, 0.29) is 12.3 Å². The van der Waals surface area contributed by atoms with Crippen LogP contribution in [-0.2, 0) is 16.0 Å². The minimum Gasteiger partial charge on any atom is -0.481 e. The predicted octanol–water partition coefficient (Wildman–Crippen LogP) is 1.71. The second-order valence-electron chi connectivity index (χ2n) is 5.04. The first-order valence-electron chi connectivity index (χ1n) is 6.39. The molecule has 2 heterocycles. The van der Waals surface area contributed by atoms with Gasteiger partial charge in [-0.2, -0.15) is 0 Å². The maximum atomic E-state index is 12.1. The van der Waals surface area contributed by atoms with Crippen LogP contribution in [0.2, 0.25) is 0 Å². The summed E-state index contributed by atoms with van der Waals surface area (Å²) in [6.07, 6.45) is 1.37. The fourth-order valence-corrected chi connectivity index (χ4v) is 3.07. The van der Waals surface area contributed by atoms with Crippen molar-refractivity contribution in [1.29, 1.82) is 0 Å². The van der Waals surface area contributed by atoms with Crippen molar-refractivity contribution < 1.29 is 14.7 Å². The summed E-state index contributed by atoms with van der Waals surface area (Å²) < 4.78 is 0. The second-order valence-corrected chi connectivity index (χ2v) is 6.10. The number of rotatable bonds is 4. The Morgan fingerprint density at radius 3 is 2.79 bits per heavy atom. The van der Waals surface area contributed by atoms with Crippen LogP contribution in [0.4, 0.5) is 0 Å². The number of hydrogen-bond acceptors (Lipinski definition) is 4. The average Bonchev–Trinajstić information content (AvgIpc) is 2.96. The number of hydrogen-bond donors (Lipinski definition) is 1. The van der Waals surface area contributed by atoms with Crippen LogP contribution in [-0.4, -0.2) is 40.0 Å². The monoisotopic (exact) mass is 282 g/mol. The molecule has 6 heteroatoms. The number of aliphatic carboxylic acids is 1. The summed E-state index contributed by atoms with van der Waals surface area (Å²) in [6, 6.07) is 0. The van der Waals surface area contributed by atoms with E-state index in [9.17, 15) is 14.7 Å². The summed E-state index contributed by atoms with van der Waals surface area (Å²) >= 11 is 1.52. The molecule has 1 aliphatic heterocycles. The number of aryl methyl sites for hydroxylation is 1. The lowest BCUT2D eigenvalue weighted by molar-refractivity contribution is -0.148. The van der Waals surface area contributed by atoms with Gasteiger partial charge in [-0.25, -0.2) is 4.98 Å². The van der Waals surface area contributed by atoms with Gasteiger partial charge < -0.3 is 10.0 Å². The molecule has 104 valence electrons. The number of amides is 1. The number of carboxylic acid groups (broad SMARTS) is 1. The summed E-state index contributed by atoms with van der Waals surface area (Å²) in [4.78, 5) is 29.4. The van der Waals surface area contributed by atoms with Crippen molar-refractivity contribution in [3.8, 4) is 0 Å². The van der Waals surface area contributed by atoms with E-state index in [1.165, 1.54) is 11.3 Å². The fourth-order valence-electron chi connectivity index (χ4n) is 2.46. The van der Waals surface area contributed by atoms with Crippen molar-refractivity contribution in [1.82, 2.24) is 9.88 Å². The van der Waals surface area contributed by atoms with Gasteiger partial charge in [0.15, 0.2) is 0 Å².